The lowest BCUT2D eigenvalue weighted by Gasteiger charge is -2.17. The number of nitrogens with zero attached hydrogens (tertiary/aromatic N) is 5. The maximum Gasteiger partial charge on any atom is 0.343 e. The number of aliphatic hydroxyl groups is 1. The van der Waals surface area contributed by atoms with Crippen LogP contribution in [0.25, 0.3) is 22.2 Å². The predicted molar refractivity (Wildman–Crippen MR) is 114 cm³/mol. The average molecular weight is 434 g/mol. The highest BCUT2D eigenvalue weighted by atomic mass is 16.5. The van der Waals surface area contributed by atoms with E-state index in [4.69, 9.17) is 10.5 Å². The van der Waals surface area contributed by atoms with Gasteiger partial charge >= 0.3 is 6.09 Å². The van der Waals surface area contributed by atoms with E-state index in [9.17, 15) is 15.0 Å². The molecule has 0 aliphatic heterocycles. The van der Waals surface area contributed by atoms with Crippen molar-refractivity contribution in [2.45, 2.75) is 26.0 Å². The van der Waals surface area contributed by atoms with Crippen LogP contribution in [0.4, 0.5) is 10.6 Å². The Bertz CT molecular complexity index is 1330. The molecule has 3 aromatic heterocycles. The molecule has 0 saturated heterocycles. The fourth-order valence-electron chi connectivity index (χ4n) is 3.65. The Labute approximate surface area is 183 Å². The van der Waals surface area contributed by atoms with Crippen LogP contribution in [0, 0.1) is 0 Å². The number of rotatable bonds is 5. The van der Waals surface area contributed by atoms with E-state index in [-0.39, 0.29) is 12.2 Å². The van der Waals surface area contributed by atoms with Crippen molar-refractivity contribution in [3.05, 3.63) is 60.0 Å². The summed E-state index contributed by atoms with van der Waals surface area (Å²) in [5.74, 6) is 0.890. The van der Waals surface area contributed by atoms with E-state index in [0.29, 0.717) is 28.5 Å². The number of nitrogen functional groups attached to an aromatic ring is 1. The second-order valence-electron chi connectivity index (χ2n) is 7.82. The third kappa shape index (κ3) is 3.83. The monoisotopic (exact) mass is 434 g/mol. The van der Waals surface area contributed by atoms with Crippen LogP contribution in [0.15, 0.2) is 48.7 Å². The van der Waals surface area contributed by atoms with Crippen LogP contribution >= 0.6 is 0 Å². The van der Waals surface area contributed by atoms with Crippen molar-refractivity contribution in [1.82, 2.24) is 20.0 Å². The van der Waals surface area contributed by atoms with Crippen molar-refractivity contribution < 1.29 is 24.3 Å². The molecule has 32 heavy (non-hydrogen) atoms. The van der Waals surface area contributed by atoms with Crippen LogP contribution in [0.5, 0.6) is 5.75 Å². The summed E-state index contributed by atoms with van der Waals surface area (Å²) in [6.45, 7) is 3.10. The normalized spacial score (nSPS) is 11.6. The first-order valence-electron chi connectivity index (χ1n) is 9.81. The number of anilines is 1. The highest BCUT2D eigenvalue weighted by molar-refractivity contribution is 5.97. The maximum absolute atomic E-state index is 11.8. The number of fused-ring (bicyclic) bond motifs is 1. The number of carbonyl (C=O) groups is 1. The summed E-state index contributed by atoms with van der Waals surface area (Å²) in [5, 5.41) is 31.3. The molecule has 164 valence electrons. The van der Waals surface area contributed by atoms with Gasteiger partial charge in [-0.25, -0.2) is 9.67 Å². The Balaban J connectivity index is 1.77. The van der Waals surface area contributed by atoms with E-state index in [2.05, 4.69) is 15.3 Å². The molecular weight excluding hydrogens is 412 g/mol. The Morgan fingerprint density at radius 1 is 1.28 bits per heavy atom. The number of benzene rings is 1. The first-order chi connectivity index (χ1) is 15.2. The van der Waals surface area contributed by atoms with E-state index in [1.165, 1.54) is 24.6 Å². The van der Waals surface area contributed by atoms with E-state index in [0.717, 1.165) is 15.5 Å². The first-order valence-corrected chi connectivity index (χ1v) is 9.81. The topological polar surface area (TPSA) is 143 Å². The number of hydrogen-bond donors (Lipinski definition) is 2. The molecule has 0 spiro atoms. The number of ether oxygens (including phenoxy) is 1. The lowest BCUT2D eigenvalue weighted by atomic mass is 10.0. The molecular formula is C22H22N6O4. The third-order valence-corrected chi connectivity index (χ3v) is 5.06. The minimum absolute atomic E-state index is 0.0900. The molecule has 10 nitrogen and oxygen atoms in total. The molecule has 0 amide bonds. The highest BCUT2D eigenvalue weighted by Gasteiger charge is 2.31. The zero-order valence-electron chi connectivity index (χ0n) is 17.8. The minimum atomic E-state index is -1.45. The molecule has 0 unspecified atom stereocenters. The van der Waals surface area contributed by atoms with Crippen molar-refractivity contribution in [3.8, 4) is 17.0 Å². The Morgan fingerprint density at radius 3 is 2.72 bits per heavy atom. The number of methoxy groups -OCH3 is 1. The van der Waals surface area contributed by atoms with Gasteiger partial charge in [0, 0.05) is 23.1 Å². The Morgan fingerprint density at radius 2 is 2.03 bits per heavy atom. The summed E-state index contributed by atoms with van der Waals surface area (Å²) < 4.78 is 7.84. The molecule has 0 atom stereocenters. The van der Waals surface area contributed by atoms with Crippen LogP contribution in [-0.2, 0) is 12.1 Å². The van der Waals surface area contributed by atoms with Crippen molar-refractivity contribution in [2.24, 2.45) is 0 Å². The largest absolute Gasteiger partial charge is 0.494 e. The number of carbonyl (C=O) groups excluding carboxylic acids is 1. The molecule has 3 N–H and O–H groups in total. The number of para-hydroxylation sites is 1. The van der Waals surface area contributed by atoms with Gasteiger partial charge in [0.25, 0.3) is 0 Å². The SMILES string of the molecule is COc1cccc2c(-c3cn(Cc4cccc(C(C)(C)O)[n+]4C(=O)[O-])nn3)cc(N)nc12. The predicted octanol–water partition coefficient (Wildman–Crippen LogP) is 0.839. The van der Waals surface area contributed by atoms with Crippen LogP contribution in [0.2, 0.25) is 0 Å². The molecule has 0 bridgehead atoms. The molecule has 0 radical (unpaired) electrons. The van der Waals surface area contributed by atoms with Gasteiger partial charge in [-0.3, -0.25) is 0 Å². The van der Waals surface area contributed by atoms with Gasteiger partial charge < -0.3 is 25.5 Å². The summed E-state index contributed by atoms with van der Waals surface area (Å²) in [6.07, 6.45) is 0.238. The van der Waals surface area contributed by atoms with E-state index in [1.807, 2.05) is 12.1 Å². The summed E-state index contributed by atoms with van der Waals surface area (Å²) >= 11 is 0. The number of nitrogens with two attached hydrogens (primary N) is 1. The van der Waals surface area contributed by atoms with E-state index < -0.39 is 11.7 Å². The molecule has 0 fully saturated rings. The van der Waals surface area contributed by atoms with Crippen LogP contribution in [-0.4, -0.2) is 38.3 Å². The fraction of sp³-hybridized carbons (Fsp3) is 0.227. The van der Waals surface area contributed by atoms with Gasteiger partial charge in [0.1, 0.15) is 34.9 Å². The quantitative estimate of drug-likeness (QED) is 0.440. The number of aromatic nitrogens is 5. The lowest BCUT2D eigenvalue weighted by Crippen LogP contribution is -2.59. The summed E-state index contributed by atoms with van der Waals surface area (Å²) in [7, 11) is 1.56. The molecule has 0 aliphatic carbocycles. The first kappa shape index (κ1) is 21.2. The fourth-order valence-corrected chi connectivity index (χ4v) is 3.65. The van der Waals surface area contributed by atoms with Crippen molar-refractivity contribution in [3.63, 3.8) is 0 Å². The molecule has 0 saturated carbocycles. The summed E-state index contributed by atoms with van der Waals surface area (Å²) in [4.78, 5) is 16.2. The Kier molecular flexibility index (Phi) is 5.23. The molecule has 1 aromatic carbocycles. The molecule has 4 rings (SSSR count). The second-order valence-corrected chi connectivity index (χ2v) is 7.82. The molecule has 4 aromatic rings. The summed E-state index contributed by atoms with van der Waals surface area (Å²) in [5.41, 5.74) is 7.04. The number of pyridine rings is 2. The average Bonchev–Trinajstić information content (AvgIpc) is 3.20. The van der Waals surface area contributed by atoms with Gasteiger partial charge in [-0.1, -0.05) is 17.3 Å². The number of hydrogen-bond acceptors (Lipinski definition) is 8. The molecule has 3 heterocycles. The van der Waals surface area contributed by atoms with Crippen LogP contribution in [0.1, 0.15) is 25.2 Å². The summed E-state index contributed by atoms with van der Waals surface area (Å²) in [6, 6.07) is 12.1. The van der Waals surface area contributed by atoms with Crippen molar-refractivity contribution >= 4 is 22.8 Å². The van der Waals surface area contributed by atoms with Crippen molar-refractivity contribution in [2.75, 3.05) is 12.8 Å². The van der Waals surface area contributed by atoms with Gasteiger partial charge in [0.15, 0.2) is 0 Å². The van der Waals surface area contributed by atoms with Gasteiger partial charge in [-0.05, 0) is 32.0 Å². The number of carboxylic acid groups (broad SMARTS) is 1. The van der Waals surface area contributed by atoms with Gasteiger partial charge in [0.2, 0.25) is 11.4 Å². The minimum Gasteiger partial charge on any atom is -0.494 e. The van der Waals surface area contributed by atoms with Gasteiger partial charge in [-0.15, -0.1) is 9.67 Å². The molecule has 0 aliphatic rings. The van der Waals surface area contributed by atoms with Crippen LogP contribution in [0.3, 0.4) is 0 Å². The highest BCUT2D eigenvalue weighted by Crippen LogP contribution is 2.32. The standard InChI is InChI=1S/C22H22N6O4/c1-22(2,31)18-9-4-6-13(28(18)21(29)30)11-27-12-16(25-26-27)15-10-19(23)24-20-14(15)7-5-8-17(20)32-3/h4-10,12,31H,11H2,1-3H3,(H2-,23,24,29,30). The second kappa shape index (κ2) is 7.89. The lowest BCUT2D eigenvalue weighted by molar-refractivity contribution is -0.651. The van der Waals surface area contributed by atoms with Gasteiger partial charge in [-0.2, -0.15) is 0 Å². The molecule has 10 heteroatoms. The zero-order valence-corrected chi connectivity index (χ0v) is 17.8. The zero-order chi connectivity index (χ0) is 23.0. The van der Waals surface area contributed by atoms with E-state index in [1.54, 1.807) is 37.6 Å². The smallest absolute Gasteiger partial charge is 0.343 e. The van der Waals surface area contributed by atoms with Gasteiger partial charge in [0.05, 0.1) is 13.3 Å². The van der Waals surface area contributed by atoms with E-state index >= 15 is 0 Å². The third-order valence-electron chi connectivity index (χ3n) is 5.06. The van der Waals surface area contributed by atoms with Crippen molar-refractivity contribution in [1.29, 1.82) is 0 Å². The Hall–Kier alpha value is -4.05. The van der Waals surface area contributed by atoms with Crippen LogP contribution < -0.4 is 20.1 Å². The maximum atomic E-state index is 11.8.